The topological polar surface area (TPSA) is 123 Å². The fourth-order valence-corrected chi connectivity index (χ4v) is 3.29. The molecule has 1 heterocycles. The predicted molar refractivity (Wildman–Crippen MR) is 92.9 cm³/mol. The third kappa shape index (κ3) is 4.27. The maximum Gasteiger partial charge on any atom is 0.271 e. The van der Waals surface area contributed by atoms with Gasteiger partial charge in [0.05, 0.1) is 23.8 Å². The summed E-state index contributed by atoms with van der Waals surface area (Å²) in [6, 6.07) is 4.20. The molecule has 2 fully saturated rings. The van der Waals surface area contributed by atoms with Crippen molar-refractivity contribution in [1.82, 2.24) is 5.32 Å². The molecule has 3 rings (SSSR count). The molecule has 2 amide bonds. The Bertz CT molecular complexity index is 762. The molecule has 0 radical (unpaired) electrons. The molecular formula is C15H16N4O5S. The first kappa shape index (κ1) is 17.2. The fraction of sp³-hybridized carbons (Fsp3) is 0.400. The highest BCUT2D eigenvalue weighted by atomic mass is 32.2. The normalized spacial score (nSPS) is 21.1. The maximum atomic E-state index is 12.2. The van der Waals surface area contributed by atoms with E-state index in [0.717, 1.165) is 12.8 Å². The molecule has 0 bridgehead atoms. The fourth-order valence-electron chi connectivity index (χ4n) is 2.25. The molecule has 1 saturated heterocycles. The number of amides is 2. The van der Waals surface area contributed by atoms with E-state index in [9.17, 15) is 19.7 Å². The van der Waals surface area contributed by atoms with E-state index in [4.69, 9.17) is 4.74 Å². The number of non-ortho nitro benzene ring substituents is 1. The molecule has 10 heteroatoms. The van der Waals surface area contributed by atoms with Crippen LogP contribution in [-0.4, -0.2) is 40.3 Å². The van der Waals surface area contributed by atoms with Gasteiger partial charge < -0.3 is 15.4 Å². The van der Waals surface area contributed by atoms with Gasteiger partial charge in [0, 0.05) is 18.6 Å². The number of nitrogens with zero attached hydrogens (tertiary/aromatic N) is 2. The van der Waals surface area contributed by atoms with Gasteiger partial charge in [-0.1, -0.05) is 11.8 Å². The summed E-state index contributed by atoms with van der Waals surface area (Å²) in [7, 11) is 1.40. The Labute approximate surface area is 147 Å². The molecule has 1 aliphatic heterocycles. The number of thioether (sulfide) groups is 1. The highest BCUT2D eigenvalue weighted by Gasteiger charge is 2.34. The van der Waals surface area contributed by atoms with Gasteiger partial charge in [-0.05, 0) is 18.9 Å². The average molecular weight is 364 g/mol. The molecule has 0 spiro atoms. The summed E-state index contributed by atoms with van der Waals surface area (Å²) in [5.74, 6) is -0.386. The minimum absolute atomic E-state index is 0.0635. The number of methoxy groups -OCH3 is 1. The van der Waals surface area contributed by atoms with Crippen LogP contribution in [0.3, 0.4) is 0 Å². The summed E-state index contributed by atoms with van der Waals surface area (Å²) in [6.07, 6.45) is 1.99. The standard InChI is InChI=1S/C15H16N4O5S/c1-24-11-5-4-9(19(22)23)6-10(11)17-13(20)7-12-14(21)18-15(25-12)16-8-2-3-8/h4-6,8,12H,2-3,7H2,1H3,(H,17,20)(H,16,18,21). The van der Waals surface area contributed by atoms with Crippen molar-refractivity contribution < 1.29 is 19.2 Å². The lowest BCUT2D eigenvalue weighted by Crippen LogP contribution is -2.28. The Morgan fingerprint density at radius 1 is 1.52 bits per heavy atom. The van der Waals surface area contributed by atoms with Gasteiger partial charge in [0.1, 0.15) is 11.0 Å². The van der Waals surface area contributed by atoms with E-state index < -0.39 is 16.1 Å². The second kappa shape index (κ2) is 7.09. The zero-order valence-electron chi connectivity index (χ0n) is 13.4. The molecule has 132 valence electrons. The molecule has 1 aromatic carbocycles. The summed E-state index contributed by atoms with van der Waals surface area (Å²) in [5, 5.41) is 16.1. The number of amidine groups is 1. The van der Waals surface area contributed by atoms with E-state index in [-0.39, 0.29) is 29.7 Å². The number of carbonyl (C=O) groups is 2. The van der Waals surface area contributed by atoms with Crippen LogP contribution in [0, 0.1) is 10.1 Å². The van der Waals surface area contributed by atoms with Crippen molar-refractivity contribution in [1.29, 1.82) is 0 Å². The number of benzene rings is 1. The van der Waals surface area contributed by atoms with Gasteiger partial charge >= 0.3 is 0 Å². The molecule has 1 aliphatic carbocycles. The molecular weight excluding hydrogens is 348 g/mol. The largest absolute Gasteiger partial charge is 0.495 e. The van der Waals surface area contributed by atoms with Crippen LogP contribution in [0.15, 0.2) is 23.2 Å². The third-order valence-corrected chi connectivity index (χ3v) is 4.76. The highest BCUT2D eigenvalue weighted by Crippen LogP contribution is 2.31. The van der Waals surface area contributed by atoms with Crippen LogP contribution in [0.1, 0.15) is 19.3 Å². The quantitative estimate of drug-likeness (QED) is 0.585. The molecule has 1 saturated carbocycles. The predicted octanol–water partition coefficient (Wildman–Crippen LogP) is 1.68. The van der Waals surface area contributed by atoms with Crippen LogP contribution >= 0.6 is 11.8 Å². The van der Waals surface area contributed by atoms with Crippen molar-refractivity contribution >= 4 is 40.1 Å². The number of anilines is 1. The number of rotatable bonds is 6. The Morgan fingerprint density at radius 2 is 2.28 bits per heavy atom. The summed E-state index contributed by atoms with van der Waals surface area (Å²) in [4.78, 5) is 38.8. The number of hydrogen-bond donors (Lipinski definition) is 2. The van der Waals surface area contributed by atoms with Crippen molar-refractivity contribution in [3.8, 4) is 5.75 Å². The Morgan fingerprint density at radius 3 is 2.92 bits per heavy atom. The van der Waals surface area contributed by atoms with Crippen molar-refractivity contribution in [2.45, 2.75) is 30.6 Å². The SMILES string of the molecule is COc1ccc([N+](=O)[O-])cc1NC(=O)CC1SC(=NC2CC2)NC1=O. The lowest BCUT2D eigenvalue weighted by Gasteiger charge is -2.11. The van der Waals surface area contributed by atoms with Crippen LogP contribution in [0.5, 0.6) is 5.75 Å². The van der Waals surface area contributed by atoms with Gasteiger partial charge in [-0.2, -0.15) is 0 Å². The molecule has 1 aromatic rings. The summed E-state index contributed by atoms with van der Waals surface area (Å²) < 4.78 is 5.10. The van der Waals surface area contributed by atoms with Crippen LogP contribution in [-0.2, 0) is 9.59 Å². The van der Waals surface area contributed by atoms with E-state index >= 15 is 0 Å². The second-order valence-electron chi connectivity index (χ2n) is 5.66. The first-order valence-corrected chi connectivity index (χ1v) is 8.52. The molecule has 1 atom stereocenters. The smallest absolute Gasteiger partial charge is 0.271 e. The van der Waals surface area contributed by atoms with Gasteiger partial charge in [-0.15, -0.1) is 0 Å². The average Bonchev–Trinajstić information content (AvgIpc) is 3.31. The van der Waals surface area contributed by atoms with Crippen LogP contribution in [0.25, 0.3) is 0 Å². The lowest BCUT2D eigenvalue weighted by atomic mass is 10.2. The number of hydrogen-bond acceptors (Lipinski definition) is 7. The number of carbonyl (C=O) groups excluding carboxylic acids is 2. The van der Waals surface area contributed by atoms with Gasteiger partial charge in [0.15, 0.2) is 5.17 Å². The van der Waals surface area contributed by atoms with Crippen LogP contribution in [0.2, 0.25) is 0 Å². The molecule has 0 aromatic heterocycles. The highest BCUT2D eigenvalue weighted by molar-refractivity contribution is 8.15. The van der Waals surface area contributed by atoms with Crippen molar-refractivity contribution in [3.63, 3.8) is 0 Å². The Hall–Kier alpha value is -2.62. The monoisotopic (exact) mass is 364 g/mol. The Balaban J connectivity index is 1.65. The maximum absolute atomic E-state index is 12.2. The zero-order valence-corrected chi connectivity index (χ0v) is 14.2. The first-order chi connectivity index (χ1) is 12.0. The van der Waals surface area contributed by atoms with Crippen molar-refractivity contribution in [3.05, 3.63) is 28.3 Å². The van der Waals surface area contributed by atoms with E-state index in [0.29, 0.717) is 10.9 Å². The van der Waals surface area contributed by atoms with Crippen LogP contribution < -0.4 is 15.4 Å². The zero-order chi connectivity index (χ0) is 18.0. The van der Waals surface area contributed by atoms with Gasteiger partial charge in [-0.25, -0.2) is 0 Å². The van der Waals surface area contributed by atoms with E-state index in [1.165, 1.54) is 37.1 Å². The second-order valence-corrected chi connectivity index (χ2v) is 6.85. The molecule has 1 unspecified atom stereocenters. The van der Waals surface area contributed by atoms with Gasteiger partial charge in [0.25, 0.3) is 5.69 Å². The van der Waals surface area contributed by atoms with Crippen molar-refractivity contribution in [2.75, 3.05) is 12.4 Å². The summed E-state index contributed by atoms with van der Waals surface area (Å²) in [5.41, 5.74) is 0.0277. The van der Waals surface area contributed by atoms with Gasteiger partial charge in [-0.3, -0.25) is 24.7 Å². The number of nitrogens with one attached hydrogen (secondary N) is 2. The number of nitro groups is 1. The van der Waals surface area contributed by atoms with E-state index in [1.807, 2.05) is 0 Å². The number of nitro benzene ring substituents is 1. The number of ether oxygens (including phenoxy) is 1. The van der Waals surface area contributed by atoms with Gasteiger partial charge in [0.2, 0.25) is 11.8 Å². The Kier molecular flexibility index (Phi) is 4.88. The lowest BCUT2D eigenvalue weighted by molar-refractivity contribution is -0.384. The molecule has 2 N–H and O–H groups in total. The number of aliphatic imine (C=N–C) groups is 1. The summed E-state index contributed by atoms with van der Waals surface area (Å²) >= 11 is 1.23. The van der Waals surface area contributed by atoms with Crippen LogP contribution in [0.4, 0.5) is 11.4 Å². The minimum Gasteiger partial charge on any atom is -0.495 e. The molecule has 9 nitrogen and oxygen atoms in total. The van der Waals surface area contributed by atoms with E-state index in [1.54, 1.807) is 0 Å². The van der Waals surface area contributed by atoms with Crippen molar-refractivity contribution in [2.24, 2.45) is 4.99 Å². The van der Waals surface area contributed by atoms with E-state index in [2.05, 4.69) is 15.6 Å². The summed E-state index contributed by atoms with van der Waals surface area (Å²) in [6.45, 7) is 0. The first-order valence-electron chi connectivity index (χ1n) is 7.64. The molecule has 25 heavy (non-hydrogen) atoms. The molecule has 2 aliphatic rings. The third-order valence-electron chi connectivity index (χ3n) is 3.66. The minimum atomic E-state index is -0.567.